The van der Waals surface area contributed by atoms with Crippen molar-refractivity contribution in [3.63, 3.8) is 0 Å². The number of benzene rings is 1. The number of aryl methyl sites for hydroxylation is 1. The minimum Gasteiger partial charge on any atom is -0.477 e. The number of hydrogen-bond acceptors (Lipinski definition) is 3. The fourth-order valence-electron chi connectivity index (χ4n) is 1.83. The number of carboxylic acids is 1. The van der Waals surface area contributed by atoms with E-state index in [-0.39, 0.29) is 5.41 Å². The molecule has 100 valence electrons. The van der Waals surface area contributed by atoms with Gasteiger partial charge in [0.15, 0.2) is 0 Å². The topological polar surface area (TPSA) is 50.2 Å². The molecule has 1 N–H and O–H groups in total. The Balaban J connectivity index is 2.38. The quantitative estimate of drug-likeness (QED) is 0.897. The number of carbonyl (C=O) groups is 1. The first-order valence-electron chi connectivity index (χ1n) is 6.10. The van der Waals surface area contributed by atoms with Gasteiger partial charge in [-0.2, -0.15) is 0 Å². The molecule has 2 aromatic rings. The van der Waals surface area contributed by atoms with E-state index in [0.717, 1.165) is 10.6 Å². The van der Waals surface area contributed by atoms with Crippen LogP contribution in [0.1, 0.15) is 41.7 Å². The summed E-state index contributed by atoms with van der Waals surface area (Å²) in [6.45, 7) is 8.22. The highest BCUT2D eigenvalue weighted by atomic mass is 32.1. The van der Waals surface area contributed by atoms with Gasteiger partial charge in [-0.05, 0) is 17.9 Å². The van der Waals surface area contributed by atoms with Gasteiger partial charge in [-0.15, -0.1) is 11.3 Å². The molecule has 0 saturated heterocycles. The van der Waals surface area contributed by atoms with Gasteiger partial charge < -0.3 is 5.11 Å². The predicted molar refractivity (Wildman–Crippen MR) is 77.9 cm³/mol. The molecule has 0 aliphatic carbocycles. The Morgan fingerprint density at radius 1 is 1.21 bits per heavy atom. The molecule has 19 heavy (non-hydrogen) atoms. The number of aromatic carboxylic acids is 1. The first kappa shape index (κ1) is 13.7. The van der Waals surface area contributed by atoms with Crippen molar-refractivity contribution in [3.8, 4) is 10.6 Å². The lowest BCUT2D eigenvalue weighted by Crippen LogP contribution is -2.10. The third-order valence-corrected chi connectivity index (χ3v) is 4.18. The van der Waals surface area contributed by atoms with Crippen molar-refractivity contribution < 1.29 is 9.90 Å². The highest BCUT2D eigenvalue weighted by molar-refractivity contribution is 7.17. The average Bonchev–Trinajstić information content (AvgIpc) is 2.70. The lowest BCUT2D eigenvalue weighted by atomic mass is 9.87. The second kappa shape index (κ2) is 4.78. The molecular weight excluding hydrogens is 258 g/mol. The minimum atomic E-state index is -0.910. The Hall–Kier alpha value is -1.68. The Morgan fingerprint density at radius 2 is 1.79 bits per heavy atom. The Bertz CT molecular complexity index is 606. The zero-order valence-electron chi connectivity index (χ0n) is 11.5. The van der Waals surface area contributed by atoms with Gasteiger partial charge >= 0.3 is 5.97 Å². The number of carboxylic acid groups (broad SMARTS) is 1. The van der Waals surface area contributed by atoms with E-state index in [1.165, 1.54) is 16.9 Å². The van der Waals surface area contributed by atoms with Gasteiger partial charge in [0.05, 0.1) is 5.69 Å². The van der Waals surface area contributed by atoms with E-state index in [1.807, 2.05) is 12.1 Å². The molecule has 0 bridgehead atoms. The predicted octanol–water partition coefficient (Wildman–Crippen LogP) is 4.11. The Kier molecular flexibility index (Phi) is 3.45. The standard InChI is InChI=1S/C15H17NO2S/c1-9-12(14(17)18)19-13(16-9)10-5-7-11(8-6-10)15(2,3)4/h5-8H,1-4H3,(H,17,18). The monoisotopic (exact) mass is 275 g/mol. The second-order valence-electron chi connectivity index (χ2n) is 5.57. The van der Waals surface area contributed by atoms with Crippen LogP contribution in [0.5, 0.6) is 0 Å². The molecule has 0 spiro atoms. The summed E-state index contributed by atoms with van der Waals surface area (Å²) in [5.74, 6) is -0.910. The summed E-state index contributed by atoms with van der Waals surface area (Å²) in [4.78, 5) is 15.7. The maximum absolute atomic E-state index is 11.0. The summed E-state index contributed by atoms with van der Waals surface area (Å²) in [7, 11) is 0. The smallest absolute Gasteiger partial charge is 0.347 e. The first-order valence-corrected chi connectivity index (χ1v) is 6.92. The van der Waals surface area contributed by atoms with Crippen molar-refractivity contribution in [1.82, 2.24) is 4.98 Å². The van der Waals surface area contributed by atoms with Gasteiger partial charge in [0.25, 0.3) is 0 Å². The average molecular weight is 275 g/mol. The van der Waals surface area contributed by atoms with E-state index in [4.69, 9.17) is 5.11 Å². The van der Waals surface area contributed by atoms with E-state index in [2.05, 4.69) is 37.9 Å². The Morgan fingerprint density at radius 3 is 2.21 bits per heavy atom. The number of thiazole rings is 1. The summed E-state index contributed by atoms with van der Waals surface area (Å²) < 4.78 is 0. The zero-order valence-corrected chi connectivity index (χ0v) is 12.3. The molecule has 1 aromatic heterocycles. The van der Waals surface area contributed by atoms with Crippen molar-refractivity contribution in [1.29, 1.82) is 0 Å². The van der Waals surface area contributed by atoms with Crippen LogP contribution in [0, 0.1) is 6.92 Å². The molecule has 1 heterocycles. The highest BCUT2D eigenvalue weighted by Crippen LogP contribution is 2.30. The van der Waals surface area contributed by atoms with Crippen molar-refractivity contribution in [2.45, 2.75) is 33.1 Å². The molecule has 0 fully saturated rings. The molecule has 0 aliphatic heterocycles. The summed E-state index contributed by atoms with van der Waals surface area (Å²) in [6, 6.07) is 8.16. The van der Waals surface area contributed by atoms with Crippen LogP contribution >= 0.6 is 11.3 Å². The van der Waals surface area contributed by atoms with Crippen LogP contribution in [0.3, 0.4) is 0 Å². The fourth-order valence-corrected chi connectivity index (χ4v) is 2.74. The maximum Gasteiger partial charge on any atom is 0.347 e. The summed E-state index contributed by atoms with van der Waals surface area (Å²) in [5.41, 5.74) is 2.91. The van der Waals surface area contributed by atoms with Crippen LogP contribution in [-0.4, -0.2) is 16.1 Å². The van der Waals surface area contributed by atoms with Gasteiger partial charge in [-0.3, -0.25) is 0 Å². The number of nitrogens with zero attached hydrogens (tertiary/aromatic N) is 1. The van der Waals surface area contributed by atoms with Crippen molar-refractivity contribution in [2.24, 2.45) is 0 Å². The molecule has 0 amide bonds. The molecule has 4 heteroatoms. The van der Waals surface area contributed by atoms with Crippen molar-refractivity contribution in [3.05, 3.63) is 40.4 Å². The highest BCUT2D eigenvalue weighted by Gasteiger charge is 2.16. The lowest BCUT2D eigenvalue weighted by Gasteiger charge is -2.18. The van der Waals surface area contributed by atoms with E-state index < -0.39 is 5.97 Å². The normalized spacial score (nSPS) is 11.6. The lowest BCUT2D eigenvalue weighted by molar-refractivity contribution is 0.0701. The number of rotatable bonds is 2. The van der Waals surface area contributed by atoms with Gasteiger partial charge in [0.1, 0.15) is 9.88 Å². The van der Waals surface area contributed by atoms with Crippen LogP contribution in [0.4, 0.5) is 0 Å². The molecule has 0 unspecified atom stereocenters. The van der Waals surface area contributed by atoms with Crippen molar-refractivity contribution >= 4 is 17.3 Å². The zero-order chi connectivity index (χ0) is 14.2. The van der Waals surface area contributed by atoms with E-state index in [1.54, 1.807) is 6.92 Å². The van der Waals surface area contributed by atoms with E-state index >= 15 is 0 Å². The third-order valence-electron chi connectivity index (χ3n) is 2.99. The minimum absolute atomic E-state index is 0.115. The first-order chi connectivity index (χ1) is 8.79. The summed E-state index contributed by atoms with van der Waals surface area (Å²) in [6.07, 6.45) is 0. The van der Waals surface area contributed by atoms with E-state index in [0.29, 0.717) is 10.6 Å². The van der Waals surface area contributed by atoms with Crippen LogP contribution in [0.2, 0.25) is 0 Å². The van der Waals surface area contributed by atoms with Gasteiger partial charge in [0, 0.05) is 5.56 Å². The SMILES string of the molecule is Cc1nc(-c2ccc(C(C)(C)C)cc2)sc1C(=O)O. The molecule has 0 atom stereocenters. The van der Waals surface area contributed by atoms with Crippen LogP contribution in [-0.2, 0) is 5.41 Å². The van der Waals surface area contributed by atoms with E-state index in [9.17, 15) is 4.79 Å². The largest absolute Gasteiger partial charge is 0.477 e. The molecule has 1 aromatic carbocycles. The molecule has 0 radical (unpaired) electrons. The van der Waals surface area contributed by atoms with Crippen LogP contribution in [0.25, 0.3) is 10.6 Å². The number of hydrogen-bond donors (Lipinski definition) is 1. The van der Waals surface area contributed by atoms with Gasteiger partial charge in [-0.1, -0.05) is 45.0 Å². The summed E-state index contributed by atoms with van der Waals surface area (Å²) in [5, 5.41) is 9.81. The molecule has 0 saturated carbocycles. The Labute approximate surface area is 116 Å². The van der Waals surface area contributed by atoms with Crippen molar-refractivity contribution in [2.75, 3.05) is 0 Å². The second-order valence-corrected chi connectivity index (χ2v) is 6.57. The van der Waals surface area contributed by atoms with Gasteiger partial charge in [-0.25, -0.2) is 9.78 Å². The van der Waals surface area contributed by atoms with Crippen LogP contribution in [0.15, 0.2) is 24.3 Å². The maximum atomic E-state index is 11.0. The molecular formula is C15H17NO2S. The van der Waals surface area contributed by atoms with Crippen LogP contribution < -0.4 is 0 Å². The molecule has 3 nitrogen and oxygen atoms in total. The molecule has 2 rings (SSSR count). The third kappa shape index (κ3) is 2.84. The summed E-state index contributed by atoms with van der Waals surface area (Å²) >= 11 is 1.22. The fraction of sp³-hybridized carbons (Fsp3) is 0.333. The molecule has 0 aliphatic rings. The number of aromatic nitrogens is 1. The van der Waals surface area contributed by atoms with Gasteiger partial charge in [0.2, 0.25) is 0 Å².